The summed E-state index contributed by atoms with van der Waals surface area (Å²) >= 11 is 1.72. The van der Waals surface area contributed by atoms with Gasteiger partial charge in [-0.25, -0.2) is 0 Å². The summed E-state index contributed by atoms with van der Waals surface area (Å²) in [5, 5.41) is 7.49. The van der Waals surface area contributed by atoms with Gasteiger partial charge in [-0.05, 0) is 65.0 Å². The Morgan fingerprint density at radius 3 is 2.36 bits per heavy atom. The van der Waals surface area contributed by atoms with Crippen molar-refractivity contribution in [2.24, 2.45) is 0 Å². The number of nitrogens with zero attached hydrogens (tertiary/aromatic N) is 1. The highest BCUT2D eigenvalue weighted by Crippen LogP contribution is 2.26. The summed E-state index contributed by atoms with van der Waals surface area (Å²) in [5.41, 5.74) is 4.74. The van der Waals surface area contributed by atoms with Gasteiger partial charge in [0.25, 0.3) is 0 Å². The van der Waals surface area contributed by atoms with Crippen LogP contribution in [0.2, 0.25) is 0 Å². The van der Waals surface area contributed by atoms with Crippen LogP contribution in [0.15, 0.2) is 71.4 Å². The number of carbonyl (C=O) groups excluding carboxylic acids is 1. The van der Waals surface area contributed by atoms with E-state index in [1.165, 1.54) is 29.5 Å². The smallest absolute Gasteiger partial charge is 0.224 e. The zero-order valence-electron chi connectivity index (χ0n) is 16.0. The Kier molecular flexibility index (Phi) is 6.20. The molecule has 0 aliphatic carbocycles. The molecule has 1 aliphatic rings. The minimum Gasteiger partial charge on any atom is -0.354 e. The van der Waals surface area contributed by atoms with Crippen LogP contribution in [0.5, 0.6) is 0 Å². The van der Waals surface area contributed by atoms with Crippen molar-refractivity contribution < 1.29 is 4.79 Å². The predicted octanol–water partition coefficient (Wildman–Crippen LogP) is 4.91. The number of likely N-dealkylation sites (tertiary alicyclic amines) is 1. The average Bonchev–Trinajstić information content (AvgIpc) is 3.44. The molecule has 3 nitrogen and oxygen atoms in total. The maximum Gasteiger partial charge on any atom is 0.224 e. The van der Waals surface area contributed by atoms with Crippen molar-refractivity contribution in [3.05, 3.63) is 82.6 Å². The van der Waals surface area contributed by atoms with Crippen molar-refractivity contribution in [3.8, 4) is 11.1 Å². The van der Waals surface area contributed by atoms with Crippen LogP contribution in [0.1, 0.15) is 30.0 Å². The van der Waals surface area contributed by atoms with Gasteiger partial charge in [0.1, 0.15) is 0 Å². The van der Waals surface area contributed by atoms with Gasteiger partial charge in [-0.15, -0.1) is 0 Å². The fourth-order valence-corrected chi connectivity index (χ4v) is 4.59. The zero-order valence-corrected chi connectivity index (χ0v) is 16.8. The number of carbonyl (C=O) groups is 1. The molecule has 1 atom stereocenters. The largest absolute Gasteiger partial charge is 0.354 e. The van der Waals surface area contributed by atoms with Crippen molar-refractivity contribution >= 4 is 17.2 Å². The third-order valence-corrected chi connectivity index (χ3v) is 6.13. The number of hydrogen-bond donors (Lipinski definition) is 1. The molecule has 0 unspecified atom stereocenters. The highest BCUT2D eigenvalue weighted by Gasteiger charge is 2.24. The van der Waals surface area contributed by atoms with Crippen LogP contribution in [-0.2, 0) is 11.2 Å². The molecule has 28 heavy (non-hydrogen) atoms. The van der Waals surface area contributed by atoms with E-state index in [1.807, 2.05) is 18.2 Å². The number of amides is 1. The molecule has 144 valence electrons. The minimum atomic E-state index is 0.0897. The molecule has 0 radical (unpaired) electrons. The first kappa shape index (κ1) is 18.9. The lowest BCUT2D eigenvalue weighted by Crippen LogP contribution is -2.37. The summed E-state index contributed by atoms with van der Waals surface area (Å²) in [4.78, 5) is 15.0. The number of benzene rings is 2. The summed E-state index contributed by atoms with van der Waals surface area (Å²) in [5.74, 6) is 0.0897. The Balaban J connectivity index is 1.34. The summed E-state index contributed by atoms with van der Waals surface area (Å²) in [6.07, 6.45) is 2.93. The van der Waals surface area contributed by atoms with Gasteiger partial charge in [0.2, 0.25) is 5.91 Å². The van der Waals surface area contributed by atoms with E-state index in [1.54, 1.807) is 11.3 Å². The van der Waals surface area contributed by atoms with Crippen LogP contribution in [0.3, 0.4) is 0 Å². The molecule has 2 heterocycles. The lowest BCUT2D eigenvalue weighted by atomic mass is 10.0. The van der Waals surface area contributed by atoms with E-state index in [-0.39, 0.29) is 11.9 Å². The highest BCUT2D eigenvalue weighted by atomic mass is 32.1. The molecule has 1 amide bonds. The molecule has 0 spiro atoms. The van der Waals surface area contributed by atoms with E-state index in [0.29, 0.717) is 13.0 Å². The second-order valence-corrected chi connectivity index (χ2v) is 8.14. The lowest BCUT2D eigenvalue weighted by Gasteiger charge is -2.27. The van der Waals surface area contributed by atoms with Crippen molar-refractivity contribution in [1.29, 1.82) is 0 Å². The van der Waals surface area contributed by atoms with E-state index < -0.39 is 0 Å². The summed E-state index contributed by atoms with van der Waals surface area (Å²) in [6.45, 7) is 2.92. The standard InChI is InChI=1S/C24H26N2OS/c27-24(16-19-8-10-21(11-9-19)20-6-2-1-3-7-20)25-17-23(22-12-15-28-18-22)26-13-4-5-14-26/h1-3,6-12,15,18,23H,4-5,13-14,16-17H2,(H,25,27)/t23-/m1/s1. The van der Waals surface area contributed by atoms with Crippen LogP contribution in [0.25, 0.3) is 11.1 Å². The van der Waals surface area contributed by atoms with E-state index in [9.17, 15) is 4.79 Å². The Morgan fingerprint density at radius 2 is 1.68 bits per heavy atom. The van der Waals surface area contributed by atoms with Gasteiger partial charge in [0.15, 0.2) is 0 Å². The van der Waals surface area contributed by atoms with Crippen molar-refractivity contribution in [1.82, 2.24) is 10.2 Å². The molecule has 1 aliphatic heterocycles. The highest BCUT2D eigenvalue weighted by molar-refractivity contribution is 7.07. The topological polar surface area (TPSA) is 32.3 Å². The van der Waals surface area contributed by atoms with Gasteiger partial charge in [-0.3, -0.25) is 9.69 Å². The summed E-state index contributed by atoms with van der Waals surface area (Å²) in [7, 11) is 0. The van der Waals surface area contributed by atoms with Crippen molar-refractivity contribution in [2.75, 3.05) is 19.6 Å². The predicted molar refractivity (Wildman–Crippen MR) is 116 cm³/mol. The van der Waals surface area contributed by atoms with Gasteiger partial charge in [-0.1, -0.05) is 54.6 Å². The second-order valence-electron chi connectivity index (χ2n) is 7.36. The van der Waals surface area contributed by atoms with Gasteiger partial charge in [0, 0.05) is 6.54 Å². The molecule has 4 heteroatoms. The Hall–Kier alpha value is -2.43. The van der Waals surface area contributed by atoms with Crippen LogP contribution < -0.4 is 5.32 Å². The third-order valence-electron chi connectivity index (χ3n) is 5.43. The molecule has 4 rings (SSSR count). The molecule has 0 bridgehead atoms. The molecule has 2 aromatic carbocycles. The number of nitrogens with one attached hydrogen (secondary N) is 1. The maximum absolute atomic E-state index is 12.5. The molecule has 1 N–H and O–H groups in total. The Labute approximate surface area is 171 Å². The van der Waals surface area contributed by atoms with E-state index in [0.717, 1.165) is 18.7 Å². The molecule has 1 aromatic heterocycles. The third kappa shape index (κ3) is 4.70. The van der Waals surface area contributed by atoms with Crippen molar-refractivity contribution in [3.63, 3.8) is 0 Å². The van der Waals surface area contributed by atoms with E-state index in [2.05, 4.69) is 63.4 Å². The summed E-state index contributed by atoms with van der Waals surface area (Å²) < 4.78 is 0. The van der Waals surface area contributed by atoms with Gasteiger partial charge in [0.05, 0.1) is 12.5 Å². The van der Waals surface area contributed by atoms with Gasteiger partial charge >= 0.3 is 0 Å². The maximum atomic E-state index is 12.5. The number of thiophene rings is 1. The van der Waals surface area contributed by atoms with Gasteiger partial charge in [-0.2, -0.15) is 11.3 Å². The molecule has 1 fully saturated rings. The first-order chi connectivity index (χ1) is 13.8. The second kappa shape index (κ2) is 9.18. The van der Waals surface area contributed by atoms with E-state index in [4.69, 9.17) is 0 Å². The lowest BCUT2D eigenvalue weighted by molar-refractivity contribution is -0.120. The molecular weight excluding hydrogens is 364 g/mol. The first-order valence-electron chi connectivity index (χ1n) is 9.97. The van der Waals surface area contributed by atoms with Crippen LogP contribution in [-0.4, -0.2) is 30.4 Å². The SMILES string of the molecule is O=C(Cc1ccc(-c2ccccc2)cc1)NC[C@H](c1ccsc1)N1CCCC1. The zero-order chi connectivity index (χ0) is 19.2. The Morgan fingerprint density at radius 1 is 0.964 bits per heavy atom. The Bertz CT molecular complexity index is 869. The van der Waals surface area contributed by atoms with E-state index >= 15 is 0 Å². The first-order valence-corrected chi connectivity index (χ1v) is 10.9. The van der Waals surface area contributed by atoms with Crippen LogP contribution in [0, 0.1) is 0 Å². The number of hydrogen-bond acceptors (Lipinski definition) is 3. The number of rotatable bonds is 7. The minimum absolute atomic E-state index is 0.0897. The fraction of sp³-hybridized carbons (Fsp3) is 0.292. The quantitative estimate of drug-likeness (QED) is 0.622. The van der Waals surface area contributed by atoms with Crippen molar-refractivity contribution in [2.45, 2.75) is 25.3 Å². The van der Waals surface area contributed by atoms with Crippen LogP contribution >= 0.6 is 11.3 Å². The van der Waals surface area contributed by atoms with Gasteiger partial charge < -0.3 is 5.32 Å². The monoisotopic (exact) mass is 390 g/mol. The molecule has 3 aromatic rings. The molecule has 1 saturated heterocycles. The van der Waals surface area contributed by atoms with Crippen LogP contribution in [0.4, 0.5) is 0 Å². The normalized spacial score (nSPS) is 15.4. The fourth-order valence-electron chi connectivity index (χ4n) is 3.88. The molecular formula is C24H26N2OS. The molecule has 0 saturated carbocycles. The summed E-state index contributed by atoms with van der Waals surface area (Å²) in [6, 6.07) is 21.1. The average molecular weight is 391 g/mol.